The first-order valence-electron chi connectivity index (χ1n) is 4.62. The van der Waals surface area contributed by atoms with Crippen LogP contribution < -0.4 is 4.74 Å². The monoisotopic (exact) mass is 276 g/mol. The van der Waals surface area contributed by atoms with Gasteiger partial charge in [0.05, 0.1) is 7.11 Å². The minimum atomic E-state index is 0.365. The second-order valence-corrected chi connectivity index (χ2v) is 4.37. The minimum absolute atomic E-state index is 0.365. The van der Waals surface area contributed by atoms with E-state index in [0.29, 0.717) is 11.8 Å². The van der Waals surface area contributed by atoms with Crippen molar-refractivity contribution in [3.63, 3.8) is 0 Å². The summed E-state index contributed by atoms with van der Waals surface area (Å²) in [6, 6.07) is 6.02. The molecule has 0 aliphatic rings. The summed E-state index contributed by atoms with van der Waals surface area (Å²) in [5.74, 6) is 1.91. The van der Waals surface area contributed by atoms with Gasteiger partial charge in [-0.05, 0) is 30.2 Å². The largest absolute Gasteiger partial charge is 0.496 e. The van der Waals surface area contributed by atoms with E-state index in [4.69, 9.17) is 16.3 Å². The number of halogens is 2. The molecule has 0 radical (unpaired) electrons. The summed E-state index contributed by atoms with van der Waals surface area (Å²) in [6.45, 7) is 2.13. The number of hydrogen-bond acceptors (Lipinski definition) is 1. The number of ether oxygens (including phenoxy) is 1. The van der Waals surface area contributed by atoms with Crippen molar-refractivity contribution in [1.29, 1.82) is 0 Å². The van der Waals surface area contributed by atoms with Crippen molar-refractivity contribution in [1.82, 2.24) is 0 Å². The fourth-order valence-corrected chi connectivity index (χ4v) is 2.20. The quantitative estimate of drug-likeness (QED) is 0.750. The average Bonchev–Trinajstić information content (AvgIpc) is 2.20. The van der Waals surface area contributed by atoms with E-state index in [9.17, 15) is 0 Å². The van der Waals surface area contributed by atoms with Crippen LogP contribution >= 0.6 is 27.5 Å². The van der Waals surface area contributed by atoms with Gasteiger partial charge in [0.2, 0.25) is 0 Å². The second-order valence-electron chi connectivity index (χ2n) is 3.15. The highest BCUT2D eigenvalue weighted by atomic mass is 79.9. The summed E-state index contributed by atoms with van der Waals surface area (Å²) in [5.41, 5.74) is 1.18. The van der Waals surface area contributed by atoms with Gasteiger partial charge < -0.3 is 4.74 Å². The maximum atomic E-state index is 5.91. The molecule has 0 fully saturated rings. The third-order valence-corrected chi connectivity index (χ3v) is 3.18. The lowest BCUT2D eigenvalue weighted by Gasteiger charge is -2.16. The van der Waals surface area contributed by atoms with Gasteiger partial charge in [-0.1, -0.05) is 22.9 Å². The van der Waals surface area contributed by atoms with Crippen LogP contribution in [0.1, 0.15) is 24.8 Å². The van der Waals surface area contributed by atoms with Crippen LogP contribution in [0, 0.1) is 0 Å². The highest BCUT2D eigenvalue weighted by Crippen LogP contribution is 2.32. The van der Waals surface area contributed by atoms with Crippen LogP contribution in [0.4, 0.5) is 0 Å². The van der Waals surface area contributed by atoms with Gasteiger partial charge in [0.25, 0.3) is 0 Å². The number of rotatable bonds is 4. The van der Waals surface area contributed by atoms with Crippen molar-refractivity contribution < 1.29 is 4.74 Å². The topological polar surface area (TPSA) is 9.23 Å². The van der Waals surface area contributed by atoms with E-state index in [0.717, 1.165) is 16.6 Å². The molecule has 1 atom stereocenters. The molecule has 0 bridgehead atoms. The molecule has 14 heavy (non-hydrogen) atoms. The van der Waals surface area contributed by atoms with E-state index in [2.05, 4.69) is 28.9 Å². The van der Waals surface area contributed by atoms with Crippen molar-refractivity contribution in [3.8, 4) is 5.75 Å². The van der Waals surface area contributed by atoms with E-state index in [-0.39, 0.29) is 0 Å². The van der Waals surface area contributed by atoms with Crippen LogP contribution in [0.15, 0.2) is 22.7 Å². The zero-order chi connectivity index (χ0) is 10.6. The highest BCUT2D eigenvalue weighted by Gasteiger charge is 2.13. The molecule has 1 rings (SSSR count). The van der Waals surface area contributed by atoms with Crippen LogP contribution in [0.5, 0.6) is 5.75 Å². The molecule has 1 aromatic rings. The first kappa shape index (κ1) is 11.9. The molecule has 0 spiro atoms. The molecule has 3 heteroatoms. The number of alkyl halides is 1. The van der Waals surface area contributed by atoms with Crippen LogP contribution in [-0.2, 0) is 0 Å². The van der Waals surface area contributed by atoms with E-state index >= 15 is 0 Å². The summed E-state index contributed by atoms with van der Waals surface area (Å²) in [7, 11) is 1.69. The average molecular weight is 278 g/mol. The molecule has 1 aromatic carbocycles. The fourth-order valence-electron chi connectivity index (χ4n) is 1.44. The Hall–Kier alpha value is -0.210. The normalized spacial score (nSPS) is 12.6. The van der Waals surface area contributed by atoms with Crippen LogP contribution in [0.3, 0.4) is 0 Å². The van der Waals surface area contributed by atoms with E-state index in [1.54, 1.807) is 7.11 Å². The third-order valence-electron chi connectivity index (χ3n) is 2.31. The Balaban J connectivity index is 3.08. The van der Waals surface area contributed by atoms with Gasteiger partial charge >= 0.3 is 0 Å². The molecule has 0 aliphatic carbocycles. The zero-order valence-corrected chi connectivity index (χ0v) is 10.7. The molecule has 78 valence electrons. The van der Waals surface area contributed by atoms with Gasteiger partial charge in [-0.2, -0.15) is 0 Å². The number of benzene rings is 1. The van der Waals surface area contributed by atoms with E-state index in [1.165, 1.54) is 5.56 Å². The molecule has 0 amide bonds. The molecule has 0 saturated carbocycles. The van der Waals surface area contributed by atoms with Crippen molar-refractivity contribution in [2.45, 2.75) is 19.3 Å². The molecule has 0 aromatic heterocycles. The number of methoxy groups -OCH3 is 1. The molecule has 0 aliphatic heterocycles. The SMILES string of the molecule is CCC(CCl)c1cc(Br)ccc1OC. The first-order chi connectivity index (χ1) is 6.72. The fraction of sp³-hybridized carbons (Fsp3) is 0.455. The standard InChI is InChI=1S/C11H14BrClO/c1-3-8(7-13)10-6-9(12)4-5-11(10)14-2/h4-6,8H,3,7H2,1-2H3. The van der Waals surface area contributed by atoms with E-state index < -0.39 is 0 Å². The number of hydrogen-bond donors (Lipinski definition) is 0. The summed E-state index contributed by atoms with van der Waals surface area (Å²) < 4.78 is 6.37. The van der Waals surface area contributed by atoms with Crippen LogP contribution in [0.25, 0.3) is 0 Å². The Bertz CT molecular complexity index is 297. The maximum Gasteiger partial charge on any atom is 0.122 e. The summed E-state index contributed by atoms with van der Waals surface area (Å²) in [5, 5.41) is 0. The summed E-state index contributed by atoms with van der Waals surface area (Å²) >= 11 is 9.37. The van der Waals surface area contributed by atoms with E-state index in [1.807, 2.05) is 12.1 Å². The minimum Gasteiger partial charge on any atom is -0.496 e. The molecule has 0 saturated heterocycles. The maximum absolute atomic E-state index is 5.91. The van der Waals surface area contributed by atoms with Gasteiger partial charge in [-0.3, -0.25) is 0 Å². The van der Waals surface area contributed by atoms with Gasteiger partial charge in [0.15, 0.2) is 0 Å². The molecular formula is C11H14BrClO. The third kappa shape index (κ3) is 2.64. The Labute approximate surface area is 98.5 Å². The van der Waals surface area contributed by atoms with Gasteiger partial charge in [0.1, 0.15) is 5.75 Å². The van der Waals surface area contributed by atoms with Crippen molar-refractivity contribution in [2.75, 3.05) is 13.0 Å². The Morgan fingerprint density at radius 2 is 2.21 bits per heavy atom. The summed E-state index contributed by atoms with van der Waals surface area (Å²) in [4.78, 5) is 0. The molecule has 0 heterocycles. The Morgan fingerprint density at radius 1 is 1.50 bits per heavy atom. The Kier molecular flexibility index (Phi) is 4.76. The van der Waals surface area contributed by atoms with Crippen LogP contribution in [-0.4, -0.2) is 13.0 Å². The zero-order valence-electron chi connectivity index (χ0n) is 8.39. The smallest absolute Gasteiger partial charge is 0.122 e. The van der Waals surface area contributed by atoms with Crippen molar-refractivity contribution in [2.24, 2.45) is 0 Å². The predicted octanol–water partition coefficient (Wildman–Crippen LogP) is 4.19. The van der Waals surface area contributed by atoms with Crippen LogP contribution in [0.2, 0.25) is 0 Å². The molecular weight excluding hydrogens is 263 g/mol. The first-order valence-corrected chi connectivity index (χ1v) is 5.95. The van der Waals surface area contributed by atoms with Gasteiger partial charge in [0, 0.05) is 16.3 Å². The van der Waals surface area contributed by atoms with Crippen molar-refractivity contribution in [3.05, 3.63) is 28.2 Å². The molecule has 1 unspecified atom stereocenters. The lowest BCUT2D eigenvalue weighted by molar-refractivity contribution is 0.406. The summed E-state index contributed by atoms with van der Waals surface area (Å²) in [6.07, 6.45) is 1.02. The second kappa shape index (κ2) is 5.62. The predicted molar refractivity (Wildman–Crippen MR) is 64.4 cm³/mol. The highest BCUT2D eigenvalue weighted by molar-refractivity contribution is 9.10. The Morgan fingerprint density at radius 3 is 2.71 bits per heavy atom. The lowest BCUT2D eigenvalue weighted by Crippen LogP contribution is -2.01. The van der Waals surface area contributed by atoms with Gasteiger partial charge in [-0.25, -0.2) is 0 Å². The molecule has 0 N–H and O–H groups in total. The molecule has 1 nitrogen and oxygen atoms in total. The van der Waals surface area contributed by atoms with Crippen molar-refractivity contribution >= 4 is 27.5 Å². The lowest BCUT2D eigenvalue weighted by atomic mass is 9.97. The van der Waals surface area contributed by atoms with Gasteiger partial charge in [-0.15, -0.1) is 11.6 Å².